The molecule has 0 fully saturated rings. The molecule has 0 heterocycles. The molecule has 1 rings (SSSR count). The van der Waals surface area contributed by atoms with Crippen molar-refractivity contribution in [3.8, 4) is 0 Å². The molecule has 102 valence electrons. The van der Waals surface area contributed by atoms with Gasteiger partial charge in [-0.15, -0.1) is 5.73 Å². The molecule has 0 radical (unpaired) electrons. The van der Waals surface area contributed by atoms with Crippen LogP contribution >= 0.6 is 0 Å². The van der Waals surface area contributed by atoms with E-state index in [1.165, 1.54) is 5.56 Å². The second-order valence-corrected chi connectivity index (χ2v) is 4.42. The van der Waals surface area contributed by atoms with Crippen LogP contribution in [0.1, 0.15) is 38.2 Å². The van der Waals surface area contributed by atoms with E-state index < -0.39 is 0 Å². The van der Waals surface area contributed by atoms with E-state index >= 15 is 0 Å². The average Bonchev–Trinajstić information content (AvgIpc) is 2.44. The molecule has 0 aliphatic heterocycles. The van der Waals surface area contributed by atoms with Crippen molar-refractivity contribution >= 4 is 5.97 Å². The standard InChI is InChI=1S/C17H22O2/c1-3-15(13-14-17(18)19-4-2)11-8-12-16-9-6-5-7-10-16/h5-7,9-10H,1,4,8,11-14H2,2H3. The van der Waals surface area contributed by atoms with Crippen molar-refractivity contribution < 1.29 is 9.53 Å². The van der Waals surface area contributed by atoms with Crippen LogP contribution in [0.2, 0.25) is 0 Å². The Morgan fingerprint density at radius 3 is 2.58 bits per heavy atom. The molecule has 0 aliphatic carbocycles. The van der Waals surface area contributed by atoms with Gasteiger partial charge in [-0.1, -0.05) is 36.9 Å². The van der Waals surface area contributed by atoms with Crippen LogP contribution in [0, 0.1) is 0 Å². The number of carbonyl (C=O) groups is 1. The molecular formula is C17H22O2. The second-order valence-electron chi connectivity index (χ2n) is 4.42. The molecule has 0 atom stereocenters. The summed E-state index contributed by atoms with van der Waals surface area (Å²) in [5, 5.41) is 0. The maximum Gasteiger partial charge on any atom is 0.306 e. The van der Waals surface area contributed by atoms with Crippen LogP contribution < -0.4 is 0 Å². The third kappa shape index (κ3) is 6.64. The summed E-state index contributed by atoms with van der Waals surface area (Å²) in [5.41, 5.74) is 5.40. The molecule has 0 spiro atoms. The summed E-state index contributed by atoms with van der Waals surface area (Å²) in [7, 11) is 0. The highest BCUT2D eigenvalue weighted by Crippen LogP contribution is 2.14. The van der Waals surface area contributed by atoms with Gasteiger partial charge >= 0.3 is 5.97 Å². The van der Waals surface area contributed by atoms with Crippen LogP contribution in [0.15, 0.2) is 48.2 Å². The van der Waals surface area contributed by atoms with Gasteiger partial charge in [0.1, 0.15) is 0 Å². The number of allylic oxidation sites excluding steroid dienone is 1. The number of benzene rings is 1. The fourth-order valence-electron chi connectivity index (χ4n) is 1.94. The zero-order valence-corrected chi connectivity index (χ0v) is 11.7. The maximum absolute atomic E-state index is 11.3. The molecule has 0 saturated carbocycles. The lowest BCUT2D eigenvalue weighted by Gasteiger charge is -2.05. The number of carbonyl (C=O) groups excluding carboxylic acids is 1. The lowest BCUT2D eigenvalue weighted by Crippen LogP contribution is -2.04. The molecule has 1 aromatic carbocycles. The normalized spacial score (nSPS) is 9.74. The molecule has 0 aliphatic rings. The van der Waals surface area contributed by atoms with Crippen LogP contribution in [0.25, 0.3) is 0 Å². The van der Waals surface area contributed by atoms with Crippen LogP contribution in [0.5, 0.6) is 0 Å². The monoisotopic (exact) mass is 258 g/mol. The summed E-state index contributed by atoms with van der Waals surface area (Å²) in [6.45, 7) is 5.96. The van der Waals surface area contributed by atoms with Crippen molar-refractivity contribution in [1.29, 1.82) is 0 Å². The van der Waals surface area contributed by atoms with Crippen LogP contribution in [0.3, 0.4) is 0 Å². The van der Waals surface area contributed by atoms with Gasteiger partial charge in [0.2, 0.25) is 0 Å². The van der Waals surface area contributed by atoms with Gasteiger partial charge in [0.25, 0.3) is 0 Å². The minimum Gasteiger partial charge on any atom is -0.466 e. The molecule has 2 nitrogen and oxygen atoms in total. The van der Waals surface area contributed by atoms with Crippen molar-refractivity contribution in [2.45, 2.75) is 39.0 Å². The van der Waals surface area contributed by atoms with Crippen molar-refractivity contribution in [2.75, 3.05) is 6.61 Å². The Hall–Kier alpha value is -1.79. The Bertz CT molecular complexity index is 428. The fourth-order valence-corrected chi connectivity index (χ4v) is 1.94. The van der Waals surface area contributed by atoms with E-state index in [4.69, 9.17) is 4.74 Å². The first kappa shape index (κ1) is 15.3. The topological polar surface area (TPSA) is 26.3 Å². The summed E-state index contributed by atoms with van der Waals surface area (Å²) in [6.07, 6.45) is 4.18. The summed E-state index contributed by atoms with van der Waals surface area (Å²) in [4.78, 5) is 11.3. The number of esters is 1. The molecule has 1 aromatic rings. The number of rotatable bonds is 8. The van der Waals surface area contributed by atoms with Gasteiger partial charge in [-0.05, 0) is 43.7 Å². The lowest BCUT2D eigenvalue weighted by molar-refractivity contribution is -0.143. The first-order valence-electron chi connectivity index (χ1n) is 6.83. The Kier molecular flexibility index (Phi) is 7.38. The van der Waals surface area contributed by atoms with Gasteiger partial charge in [0.05, 0.1) is 6.61 Å². The van der Waals surface area contributed by atoms with Crippen LogP contribution in [-0.2, 0) is 16.0 Å². The SMILES string of the molecule is C=C=C(CCCc1ccccc1)CCC(=O)OCC. The van der Waals surface area contributed by atoms with Crippen LogP contribution in [-0.4, -0.2) is 12.6 Å². The Balaban J connectivity index is 2.26. The molecule has 0 saturated heterocycles. The Morgan fingerprint density at radius 2 is 1.95 bits per heavy atom. The van der Waals surface area contributed by atoms with Crippen molar-refractivity contribution in [3.05, 3.63) is 53.8 Å². The summed E-state index contributed by atoms with van der Waals surface area (Å²) in [6, 6.07) is 10.4. The zero-order chi connectivity index (χ0) is 13.9. The van der Waals surface area contributed by atoms with E-state index in [1.54, 1.807) is 0 Å². The highest BCUT2D eigenvalue weighted by molar-refractivity contribution is 5.69. The Morgan fingerprint density at radius 1 is 1.21 bits per heavy atom. The van der Waals surface area contributed by atoms with E-state index in [1.807, 2.05) is 13.0 Å². The first-order valence-corrected chi connectivity index (χ1v) is 6.83. The van der Waals surface area contributed by atoms with E-state index in [0.717, 1.165) is 24.8 Å². The quantitative estimate of drug-likeness (QED) is 0.519. The molecule has 0 unspecified atom stereocenters. The van der Waals surface area contributed by atoms with Gasteiger partial charge in [0.15, 0.2) is 0 Å². The number of aryl methyl sites for hydroxylation is 1. The van der Waals surface area contributed by atoms with Gasteiger partial charge in [-0.2, -0.15) is 0 Å². The van der Waals surface area contributed by atoms with Gasteiger partial charge < -0.3 is 4.74 Å². The van der Waals surface area contributed by atoms with Gasteiger partial charge in [-0.25, -0.2) is 0 Å². The molecule has 0 amide bonds. The van der Waals surface area contributed by atoms with Crippen molar-refractivity contribution in [1.82, 2.24) is 0 Å². The largest absolute Gasteiger partial charge is 0.466 e. The second kappa shape index (κ2) is 9.18. The van der Waals surface area contributed by atoms with Gasteiger partial charge in [-0.3, -0.25) is 4.79 Å². The smallest absolute Gasteiger partial charge is 0.306 e. The third-order valence-corrected chi connectivity index (χ3v) is 2.97. The summed E-state index contributed by atoms with van der Waals surface area (Å²) in [5.74, 6) is -0.140. The highest BCUT2D eigenvalue weighted by Gasteiger charge is 2.04. The molecule has 2 heteroatoms. The third-order valence-electron chi connectivity index (χ3n) is 2.97. The van der Waals surface area contributed by atoms with Crippen molar-refractivity contribution in [2.24, 2.45) is 0 Å². The number of hydrogen-bond acceptors (Lipinski definition) is 2. The van der Waals surface area contributed by atoms with E-state index in [0.29, 0.717) is 19.4 Å². The van der Waals surface area contributed by atoms with E-state index in [2.05, 4.69) is 36.6 Å². The average molecular weight is 258 g/mol. The molecule has 0 N–H and O–H groups in total. The predicted molar refractivity (Wildman–Crippen MR) is 77.9 cm³/mol. The first-order chi connectivity index (χ1) is 9.26. The fraction of sp³-hybridized carbons (Fsp3) is 0.412. The minimum absolute atomic E-state index is 0.140. The predicted octanol–water partition coefficient (Wildman–Crippen LogP) is 4.06. The van der Waals surface area contributed by atoms with Gasteiger partial charge in [0, 0.05) is 6.42 Å². The minimum atomic E-state index is -0.140. The van der Waals surface area contributed by atoms with E-state index in [-0.39, 0.29) is 5.97 Å². The molecule has 0 bridgehead atoms. The summed E-state index contributed by atoms with van der Waals surface area (Å²) < 4.78 is 4.91. The number of ether oxygens (including phenoxy) is 1. The van der Waals surface area contributed by atoms with Crippen LogP contribution in [0.4, 0.5) is 0 Å². The molecular weight excluding hydrogens is 236 g/mol. The zero-order valence-electron chi connectivity index (χ0n) is 11.7. The van der Waals surface area contributed by atoms with Crippen molar-refractivity contribution in [3.63, 3.8) is 0 Å². The number of hydrogen-bond donors (Lipinski definition) is 0. The molecule has 19 heavy (non-hydrogen) atoms. The van der Waals surface area contributed by atoms with E-state index in [9.17, 15) is 4.79 Å². The molecule has 0 aromatic heterocycles. The maximum atomic E-state index is 11.3. The highest BCUT2D eigenvalue weighted by atomic mass is 16.5. The summed E-state index contributed by atoms with van der Waals surface area (Å²) >= 11 is 0. The lowest BCUT2D eigenvalue weighted by atomic mass is 10.0. The Labute approximate surface area is 115 Å².